The number of aryl methyl sites for hydroxylation is 1. The third-order valence-corrected chi connectivity index (χ3v) is 4.58. The van der Waals surface area contributed by atoms with E-state index in [1.807, 2.05) is 39.0 Å². The number of carbonyl (C=O) groups excluding carboxylic acids is 1. The van der Waals surface area contributed by atoms with Crippen molar-refractivity contribution in [2.75, 3.05) is 5.33 Å². The molecule has 17 heavy (non-hydrogen) atoms. The summed E-state index contributed by atoms with van der Waals surface area (Å²) < 4.78 is 0. The van der Waals surface area contributed by atoms with Gasteiger partial charge in [-0.05, 0) is 44.4 Å². The minimum absolute atomic E-state index is 0.00926. The molecule has 0 aliphatic rings. The maximum Gasteiger partial charge on any atom is 0.252 e. The summed E-state index contributed by atoms with van der Waals surface area (Å²) in [5, 5.41) is 3.85. The molecule has 0 bridgehead atoms. The molecule has 0 aliphatic carbocycles. The van der Waals surface area contributed by atoms with E-state index in [1.165, 1.54) is 0 Å². The molecule has 94 valence electrons. The van der Waals surface area contributed by atoms with Gasteiger partial charge in [-0.2, -0.15) is 0 Å². The minimum atomic E-state index is -0.187. The average molecular weight is 298 g/mol. The smallest absolute Gasteiger partial charge is 0.252 e. The molecule has 2 nitrogen and oxygen atoms in total. The molecular formula is C14H20BrNO. The van der Waals surface area contributed by atoms with Crippen molar-refractivity contribution in [1.29, 1.82) is 0 Å². The molecule has 3 heteroatoms. The van der Waals surface area contributed by atoms with Gasteiger partial charge in [-0.1, -0.05) is 35.0 Å². The Bertz CT molecular complexity index is 411. The van der Waals surface area contributed by atoms with E-state index < -0.39 is 0 Å². The summed E-state index contributed by atoms with van der Waals surface area (Å²) in [6.07, 6.45) is 0.898. The minimum Gasteiger partial charge on any atom is -0.346 e. The Labute approximate surface area is 112 Å². The number of halogens is 1. The van der Waals surface area contributed by atoms with Crippen molar-refractivity contribution in [2.24, 2.45) is 0 Å². The van der Waals surface area contributed by atoms with Crippen molar-refractivity contribution in [2.45, 2.75) is 39.7 Å². The summed E-state index contributed by atoms with van der Waals surface area (Å²) in [7, 11) is 0. The van der Waals surface area contributed by atoms with Crippen molar-refractivity contribution in [3.63, 3.8) is 0 Å². The highest BCUT2D eigenvalue weighted by Crippen LogP contribution is 2.17. The second kappa shape index (κ2) is 5.67. The first-order valence-electron chi connectivity index (χ1n) is 5.88. The maximum atomic E-state index is 12.2. The second-order valence-electron chi connectivity index (χ2n) is 4.75. The van der Waals surface area contributed by atoms with Gasteiger partial charge in [0.1, 0.15) is 0 Å². The van der Waals surface area contributed by atoms with Gasteiger partial charge in [-0.25, -0.2) is 0 Å². The highest BCUT2D eigenvalue weighted by atomic mass is 79.9. The molecule has 1 rings (SSSR count). The lowest BCUT2D eigenvalue weighted by Crippen LogP contribution is -2.47. The number of amides is 1. The number of hydrogen-bond donors (Lipinski definition) is 1. The van der Waals surface area contributed by atoms with E-state index in [0.29, 0.717) is 0 Å². The zero-order chi connectivity index (χ0) is 13.1. The lowest BCUT2D eigenvalue weighted by molar-refractivity contribution is 0.0912. The Morgan fingerprint density at radius 3 is 2.59 bits per heavy atom. The predicted molar refractivity (Wildman–Crippen MR) is 75.9 cm³/mol. The van der Waals surface area contributed by atoms with Gasteiger partial charge in [0.25, 0.3) is 5.91 Å². The van der Waals surface area contributed by atoms with Crippen LogP contribution in [0.3, 0.4) is 0 Å². The number of carbonyl (C=O) groups is 1. The molecule has 1 aromatic rings. The SMILES string of the molecule is CCC(C)(CBr)NC(=O)c1cccc(C)c1C. The molecule has 0 saturated carbocycles. The number of rotatable bonds is 4. The van der Waals surface area contributed by atoms with E-state index in [2.05, 4.69) is 28.2 Å². The van der Waals surface area contributed by atoms with E-state index in [4.69, 9.17) is 0 Å². The third kappa shape index (κ3) is 3.32. The zero-order valence-electron chi connectivity index (χ0n) is 10.9. The Morgan fingerprint density at radius 2 is 2.06 bits per heavy atom. The molecule has 0 radical (unpaired) electrons. The van der Waals surface area contributed by atoms with Gasteiger partial charge in [0.2, 0.25) is 0 Å². The Balaban J connectivity index is 2.94. The molecule has 0 heterocycles. The van der Waals surface area contributed by atoms with Gasteiger partial charge >= 0.3 is 0 Å². The van der Waals surface area contributed by atoms with Crippen molar-refractivity contribution in [3.05, 3.63) is 34.9 Å². The second-order valence-corrected chi connectivity index (χ2v) is 5.31. The lowest BCUT2D eigenvalue weighted by Gasteiger charge is -2.27. The molecule has 0 spiro atoms. The molecule has 0 saturated heterocycles. The van der Waals surface area contributed by atoms with Crippen LogP contribution < -0.4 is 5.32 Å². The number of nitrogens with one attached hydrogen (secondary N) is 1. The van der Waals surface area contributed by atoms with E-state index in [9.17, 15) is 4.79 Å². The Morgan fingerprint density at radius 1 is 1.41 bits per heavy atom. The van der Waals surface area contributed by atoms with Crippen LogP contribution in [0.1, 0.15) is 41.8 Å². The van der Waals surface area contributed by atoms with E-state index >= 15 is 0 Å². The van der Waals surface area contributed by atoms with Crippen LogP contribution in [0.5, 0.6) is 0 Å². The van der Waals surface area contributed by atoms with Crippen molar-refractivity contribution in [1.82, 2.24) is 5.32 Å². The zero-order valence-corrected chi connectivity index (χ0v) is 12.5. The topological polar surface area (TPSA) is 29.1 Å². The fourth-order valence-electron chi connectivity index (χ4n) is 1.55. The molecule has 1 aromatic carbocycles. The summed E-state index contributed by atoms with van der Waals surface area (Å²) in [5.74, 6) is 0.00926. The fourth-order valence-corrected chi connectivity index (χ4v) is 2.09. The van der Waals surface area contributed by atoms with Gasteiger partial charge in [-0.15, -0.1) is 0 Å². The first kappa shape index (κ1) is 14.2. The van der Waals surface area contributed by atoms with Crippen molar-refractivity contribution >= 4 is 21.8 Å². The van der Waals surface area contributed by atoms with Crippen LogP contribution in [0.15, 0.2) is 18.2 Å². The van der Waals surface area contributed by atoms with Crippen molar-refractivity contribution in [3.8, 4) is 0 Å². The summed E-state index contributed by atoms with van der Waals surface area (Å²) in [6.45, 7) is 8.13. The molecule has 1 N–H and O–H groups in total. The fraction of sp³-hybridized carbons (Fsp3) is 0.500. The molecular weight excluding hydrogens is 278 g/mol. The van der Waals surface area contributed by atoms with Crippen LogP contribution >= 0.6 is 15.9 Å². The summed E-state index contributed by atoms with van der Waals surface area (Å²) in [5.41, 5.74) is 2.78. The van der Waals surface area contributed by atoms with Crippen LogP contribution in [0.25, 0.3) is 0 Å². The highest BCUT2D eigenvalue weighted by molar-refractivity contribution is 9.09. The maximum absolute atomic E-state index is 12.2. The van der Waals surface area contributed by atoms with Gasteiger partial charge in [0.15, 0.2) is 0 Å². The van der Waals surface area contributed by atoms with E-state index in [-0.39, 0.29) is 11.4 Å². The van der Waals surface area contributed by atoms with E-state index in [0.717, 1.165) is 28.4 Å². The molecule has 1 atom stereocenters. The molecule has 1 amide bonds. The molecule has 0 aliphatic heterocycles. The molecule has 1 unspecified atom stereocenters. The summed E-state index contributed by atoms with van der Waals surface area (Å²) in [6, 6.07) is 5.83. The molecule has 0 fully saturated rings. The van der Waals surface area contributed by atoms with Gasteiger partial charge < -0.3 is 5.32 Å². The van der Waals surface area contributed by atoms with Crippen LogP contribution in [-0.2, 0) is 0 Å². The lowest BCUT2D eigenvalue weighted by atomic mass is 9.98. The third-order valence-electron chi connectivity index (χ3n) is 3.34. The molecule has 0 aromatic heterocycles. The Kier molecular flexibility index (Phi) is 4.75. The highest BCUT2D eigenvalue weighted by Gasteiger charge is 2.24. The number of alkyl halides is 1. The van der Waals surface area contributed by atoms with Crippen molar-refractivity contribution < 1.29 is 4.79 Å². The van der Waals surface area contributed by atoms with Crippen LogP contribution in [-0.4, -0.2) is 16.8 Å². The van der Waals surface area contributed by atoms with Gasteiger partial charge in [-0.3, -0.25) is 4.79 Å². The van der Waals surface area contributed by atoms with E-state index in [1.54, 1.807) is 0 Å². The standard InChI is InChI=1S/C14H20BrNO/c1-5-14(4,9-15)16-13(17)12-8-6-7-10(2)11(12)3/h6-8H,5,9H2,1-4H3,(H,16,17). The number of benzene rings is 1. The Hall–Kier alpha value is -0.830. The van der Waals surface area contributed by atoms with Crippen LogP contribution in [0, 0.1) is 13.8 Å². The van der Waals surface area contributed by atoms with Gasteiger partial charge in [0.05, 0.1) is 0 Å². The monoisotopic (exact) mass is 297 g/mol. The summed E-state index contributed by atoms with van der Waals surface area (Å²) >= 11 is 3.45. The average Bonchev–Trinajstić information content (AvgIpc) is 2.32. The van der Waals surface area contributed by atoms with Crippen LogP contribution in [0.4, 0.5) is 0 Å². The first-order valence-corrected chi connectivity index (χ1v) is 7.00. The summed E-state index contributed by atoms with van der Waals surface area (Å²) in [4.78, 5) is 12.2. The predicted octanol–water partition coefficient (Wildman–Crippen LogP) is 3.60. The quantitative estimate of drug-likeness (QED) is 0.846. The largest absolute Gasteiger partial charge is 0.346 e. The first-order chi connectivity index (χ1) is 7.93. The normalized spacial score (nSPS) is 14.2. The number of hydrogen-bond acceptors (Lipinski definition) is 1. The van der Waals surface area contributed by atoms with Crippen LogP contribution in [0.2, 0.25) is 0 Å². The van der Waals surface area contributed by atoms with Gasteiger partial charge in [0, 0.05) is 16.4 Å².